The Morgan fingerprint density at radius 1 is 1.47 bits per heavy atom. The van der Waals surface area contributed by atoms with Gasteiger partial charge in [-0.15, -0.1) is 0 Å². The number of allylic oxidation sites excluding steroid dienone is 2. The van der Waals surface area contributed by atoms with Gasteiger partial charge in [-0.25, -0.2) is 0 Å². The summed E-state index contributed by atoms with van der Waals surface area (Å²) in [6.07, 6.45) is 9.53. The van der Waals surface area contributed by atoms with E-state index in [0.717, 1.165) is 26.1 Å². The molecule has 0 amide bonds. The summed E-state index contributed by atoms with van der Waals surface area (Å²) in [7, 11) is 0. The van der Waals surface area contributed by atoms with E-state index < -0.39 is 0 Å². The summed E-state index contributed by atoms with van der Waals surface area (Å²) in [6.45, 7) is 7.81. The highest BCUT2D eigenvalue weighted by Gasteiger charge is 2.15. The van der Waals surface area contributed by atoms with Crippen LogP contribution in [-0.2, 0) is 0 Å². The first kappa shape index (κ1) is 14.2. The van der Waals surface area contributed by atoms with E-state index in [-0.39, 0.29) is 0 Å². The van der Waals surface area contributed by atoms with Crippen LogP contribution in [0.5, 0.6) is 0 Å². The van der Waals surface area contributed by atoms with Crippen LogP contribution in [0.15, 0.2) is 35.5 Å². The summed E-state index contributed by atoms with van der Waals surface area (Å²) in [6, 6.07) is 0.538. The number of hydrogen-bond acceptors (Lipinski definition) is 3. The van der Waals surface area contributed by atoms with Crippen molar-refractivity contribution in [1.82, 2.24) is 10.6 Å². The average molecular weight is 235 g/mol. The molecule has 3 heteroatoms. The molecule has 0 aliphatic carbocycles. The molecular weight excluding hydrogens is 210 g/mol. The second kappa shape index (κ2) is 8.23. The van der Waals surface area contributed by atoms with Crippen molar-refractivity contribution in [2.24, 2.45) is 5.73 Å². The Kier molecular flexibility index (Phi) is 6.86. The Bertz CT molecular complexity index is 303. The van der Waals surface area contributed by atoms with Crippen LogP contribution in [0.2, 0.25) is 0 Å². The van der Waals surface area contributed by atoms with E-state index in [1.165, 1.54) is 11.1 Å². The molecule has 0 saturated heterocycles. The normalized spacial score (nSPS) is 21.9. The lowest BCUT2D eigenvalue weighted by Crippen LogP contribution is -2.42. The zero-order valence-electron chi connectivity index (χ0n) is 11.0. The SMILES string of the molecule is C/C=C\C1=C(C)CNC(CNC/C=C/CN)C1. The fourth-order valence-electron chi connectivity index (χ4n) is 2.00. The highest BCUT2D eigenvalue weighted by atomic mass is 15.0. The van der Waals surface area contributed by atoms with E-state index >= 15 is 0 Å². The first-order valence-electron chi connectivity index (χ1n) is 6.38. The highest BCUT2D eigenvalue weighted by molar-refractivity contribution is 5.28. The minimum atomic E-state index is 0.538. The molecule has 17 heavy (non-hydrogen) atoms. The standard InChI is InChI=1S/C14H25N3/c1-3-6-13-9-14(17-10-12(13)2)11-16-8-5-4-7-15/h3-6,14,16-17H,7-11,15H2,1-2H3/b5-4+,6-3-. The van der Waals surface area contributed by atoms with Crippen molar-refractivity contribution in [3.8, 4) is 0 Å². The molecule has 1 unspecified atom stereocenters. The molecule has 3 nitrogen and oxygen atoms in total. The summed E-state index contributed by atoms with van der Waals surface area (Å²) in [4.78, 5) is 0. The Hall–Kier alpha value is -0.900. The van der Waals surface area contributed by atoms with Crippen LogP contribution in [0.25, 0.3) is 0 Å². The maximum absolute atomic E-state index is 5.38. The van der Waals surface area contributed by atoms with Gasteiger partial charge in [-0.3, -0.25) is 0 Å². The zero-order valence-corrected chi connectivity index (χ0v) is 11.0. The molecule has 0 aromatic rings. The van der Waals surface area contributed by atoms with E-state index in [1.807, 2.05) is 6.08 Å². The molecule has 0 saturated carbocycles. The molecule has 0 bridgehead atoms. The quantitative estimate of drug-likeness (QED) is 0.481. The molecule has 96 valence electrons. The van der Waals surface area contributed by atoms with Crippen LogP contribution < -0.4 is 16.4 Å². The van der Waals surface area contributed by atoms with Crippen LogP contribution in [-0.4, -0.2) is 32.2 Å². The van der Waals surface area contributed by atoms with Crippen molar-refractivity contribution < 1.29 is 0 Å². The summed E-state index contributed by atoms with van der Waals surface area (Å²) < 4.78 is 0. The van der Waals surface area contributed by atoms with Crippen LogP contribution in [0.1, 0.15) is 20.3 Å². The molecule has 1 rings (SSSR count). The van der Waals surface area contributed by atoms with E-state index in [4.69, 9.17) is 5.73 Å². The smallest absolute Gasteiger partial charge is 0.0236 e. The van der Waals surface area contributed by atoms with Gasteiger partial charge >= 0.3 is 0 Å². The maximum Gasteiger partial charge on any atom is 0.0236 e. The summed E-state index contributed by atoms with van der Waals surface area (Å²) in [5.41, 5.74) is 8.32. The van der Waals surface area contributed by atoms with Gasteiger partial charge in [-0.2, -0.15) is 0 Å². The first-order chi connectivity index (χ1) is 8.27. The van der Waals surface area contributed by atoms with Crippen LogP contribution in [0.3, 0.4) is 0 Å². The lowest BCUT2D eigenvalue weighted by atomic mass is 9.96. The second-order valence-electron chi connectivity index (χ2n) is 4.45. The molecule has 1 aliphatic rings. The zero-order chi connectivity index (χ0) is 12.5. The third-order valence-corrected chi connectivity index (χ3v) is 2.99. The lowest BCUT2D eigenvalue weighted by molar-refractivity contribution is 0.479. The Morgan fingerprint density at radius 3 is 3.00 bits per heavy atom. The predicted molar refractivity (Wildman–Crippen MR) is 75.0 cm³/mol. The Balaban J connectivity index is 2.31. The predicted octanol–water partition coefficient (Wildman–Crippen LogP) is 1.35. The molecular formula is C14H25N3. The summed E-state index contributed by atoms with van der Waals surface area (Å²) >= 11 is 0. The van der Waals surface area contributed by atoms with E-state index in [0.29, 0.717) is 12.6 Å². The van der Waals surface area contributed by atoms with Gasteiger partial charge in [0.15, 0.2) is 0 Å². The van der Waals surface area contributed by atoms with Crippen molar-refractivity contribution in [1.29, 1.82) is 0 Å². The molecule has 4 N–H and O–H groups in total. The van der Waals surface area contributed by atoms with Crippen LogP contribution >= 0.6 is 0 Å². The molecule has 0 aromatic carbocycles. The molecule has 0 spiro atoms. The highest BCUT2D eigenvalue weighted by Crippen LogP contribution is 2.17. The lowest BCUT2D eigenvalue weighted by Gasteiger charge is -2.26. The van der Waals surface area contributed by atoms with E-state index in [9.17, 15) is 0 Å². The first-order valence-corrected chi connectivity index (χ1v) is 6.38. The third-order valence-electron chi connectivity index (χ3n) is 2.99. The monoisotopic (exact) mass is 235 g/mol. The topological polar surface area (TPSA) is 50.1 Å². The van der Waals surface area contributed by atoms with Crippen molar-refractivity contribution in [2.75, 3.05) is 26.2 Å². The average Bonchev–Trinajstić information content (AvgIpc) is 2.33. The number of nitrogens with one attached hydrogen (secondary N) is 2. The van der Waals surface area contributed by atoms with Crippen molar-refractivity contribution >= 4 is 0 Å². The fraction of sp³-hybridized carbons (Fsp3) is 0.571. The van der Waals surface area contributed by atoms with Crippen LogP contribution in [0.4, 0.5) is 0 Å². The number of rotatable bonds is 6. The van der Waals surface area contributed by atoms with Gasteiger partial charge in [0.2, 0.25) is 0 Å². The summed E-state index contributed by atoms with van der Waals surface area (Å²) in [5.74, 6) is 0. The molecule has 1 atom stereocenters. The second-order valence-corrected chi connectivity index (χ2v) is 4.45. The third kappa shape index (κ3) is 5.31. The van der Waals surface area contributed by atoms with Crippen LogP contribution in [0, 0.1) is 0 Å². The van der Waals surface area contributed by atoms with Gasteiger partial charge in [0.05, 0.1) is 0 Å². The largest absolute Gasteiger partial charge is 0.327 e. The van der Waals surface area contributed by atoms with Gasteiger partial charge in [-0.1, -0.05) is 29.9 Å². The van der Waals surface area contributed by atoms with Gasteiger partial charge in [0.25, 0.3) is 0 Å². The summed E-state index contributed by atoms with van der Waals surface area (Å²) in [5, 5.41) is 6.96. The molecule has 1 heterocycles. The minimum absolute atomic E-state index is 0.538. The van der Waals surface area contributed by atoms with Gasteiger partial charge in [0.1, 0.15) is 0 Å². The Morgan fingerprint density at radius 2 is 2.29 bits per heavy atom. The molecule has 0 radical (unpaired) electrons. The van der Waals surface area contributed by atoms with E-state index in [1.54, 1.807) is 0 Å². The van der Waals surface area contributed by atoms with Crippen molar-refractivity contribution in [2.45, 2.75) is 26.3 Å². The fourth-order valence-corrected chi connectivity index (χ4v) is 2.00. The molecule has 1 aliphatic heterocycles. The van der Waals surface area contributed by atoms with E-state index in [2.05, 4.69) is 42.7 Å². The van der Waals surface area contributed by atoms with Crippen molar-refractivity contribution in [3.05, 3.63) is 35.5 Å². The van der Waals surface area contributed by atoms with Gasteiger partial charge < -0.3 is 16.4 Å². The number of nitrogens with two attached hydrogens (primary N) is 1. The Labute approximate surface area is 105 Å². The molecule has 0 aromatic heterocycles. The van der Waals surface area contributed by atoms with Gasteiger partial charge in [0, 0.05) is 32.2 Å². The number of hydrogen-bond donors (Lipinski definition) is 3. The van der Waals surface area contributed by atoms with Crippen molar-refractivity contribution in [3.63, 3.8) is 0 Å². The minimum Gasteiger partial charge on any atom is -0.327 e. The maximum atomic E-state index is 5.38. The molecule has 0 fully saturated rings. The van der Waals surface area contributed by atoms with Gasteiger partial charge in [-0.05, 0) is 25.8 Å².